The van der Waals surface area contributed by atoms with E-state index >= 15 is 0 Å². The van der Waals surface area contributed by atoms with Crippen molar-refractivity contribution in [3.63, 3.8) is 0 Å². The van der Waals surface area contributed by atoms with Crippen molar-refractivity contribution in [3.8, 4) is 11.1 Å². The van der Waals surface area contributed by atoms with Crippen LogP contribution in [0.1, 0.15) is 134 Å². The van der Waals surface area contributed by atoms with Crippen LogP contribution in [0.25, 0.3) is 11.1 Å². The van der Waals surface area contributed by atoms with Gasteiger partial charge in [-0.05, 0) is 39.4 Å². The van der Waals surface area contributed by atoms with Crippen molar-refractivity contribution >= 4 is 26.4 Å². The maximum Gasteiger partial charge on any atom is -0.109 e. The van der Waals surface area contributed by atoms with Crippen LogP contribution in [0.15, 0.2) is 85.0 Å². The number of rotatable bonds is 2. The van der Waals surface area contributed by atoms with Gasteiger partial charge >= 0.3 is 120 Å². The van der Waals surface area contributed by atoms with Crippen LogP contribution in [0.3, 0.4) is 0 Å². The quantitative estimate of drug-likeness (QED) is 0.160. The summed E-state index contributed by atoms with van der Waals surface area (Å²) in [4.78, 5) is 0. The Hall–Kier alpha value is -1.73. The third kappa shape index (κ3) is 11.9. The van der Waals surface area contributed by atoms with Crippen molar-refractivity contribution in [1.29, 1.82) is 0 Å². The van der Waals surface area contributed by atoms with Gasteiger partial charge in [0.25, 0.3) is 0 Å². The Bertz CT molecular complexity index is 1750. The number of benzene rings is 4. The zero-order valence-electron chi connectivity index (χ0n) is 33.0. The average molecular weight is 852 g/mol. The SMILES string of the molecule is CC(C)(C)c1[c-]c2c(cc1C(C)(C)C)-c1cc(C(C)(C)C)c(C(C)(C)C)cc1C2.Clc1ccc([C](=[Zr+2])c2ccc(Cl)cc2)cc1.[C-]1=CC=CC1.[Cl-].[Cl-]. The van der Waals surface area contributed by atoms with Crippen molar-refractivity contribution in [2.45, 2.75) is 118 Å². The molecule has 0 aliphatic heterocycles. The van der Waals surface area contributed by atoms with E-state index in [-0.39, 0.29) is 46.5 Å². The molecule has 0 spiro atoms. The van der Waals surface area contributed by atoms with Crippen LogP contribution in [0.2, 0.25) is 10.0 Å². The first-order chi connectivity index (χ1) is 23.1. The molecular weight excluding hydrogens is 798 g/mol. The fraction of sp³-hybridized carbons (Fsp3) is 0.383. The molecule has 0 bridgehead atoms. The van der Waals surface area contributed by atoms with Gasteiger partial charge in [-0.1, -0.05) is 106 Å². The number of hydrogen-bond donors (Lipinski definition) is 0. The second-order valence-corrected chi connectivity index (χ2v) is 19.7. The molecule has 2 aliphatic rings. The molecule has 0 unspecified atom stereocenters. The molecule has 0 N–H and O–H groups in total. The van der Waals surface area contributed by atoms with Crippen molar-refractivity contribution in [3.05, 3.63) is 152 Å². The second kappa shape index (κ2) is 18.3. The summed E-state index contributed by atoms with van der Waals surface area (Å²) in [6, 6.07) is 27.2. The monoisotopic (exact) mass is 848 g/mol. The zero-order valence-corrected chi connectivity index (χ0v) is 38.5. The molecule has 4 aromatic carbocycles. The smallest absolute Gasteiger partial charge is 0.109 e. The summed E-state index contributed by atoms with van der Waals surface area (Å²) in [6.45, 7) is 28.0. The first-order valence-corrected chi connectivity index (χ1v) is 19.7. The predicted molar refractivity (Wildman–Crippen MR) is 216 cm³/mol. The van der Waals surface area contributed by atoms with Gasteiger partial charge in [-0.3, -0.25) is 6.08 Å². The Kier molecular flexibility index (Phi) is 16.3. The zero-order chi connectivity index (χ0) is 37.2. The number of fused-ring (bicyclic) bond motifs is 3. The molecule has 4 aromatic rings. The largest absolute Gasteiger partial charge is 1.00 e. The molecule has 0 amide bonds. The molecule has 5 heteroatoms. The summed E-state index contributed by atoms with van der Waals surface area (Å²) in [7, 11) is 0. The van der Waals surface area contributed by atoms with E-state index in [0.29, 0.717) is 0 Å². The number of allylic oxidation sites excluding steroid dienone is 4. The van der Waals surface area contributed by atoms with Gasteiger partial charge in [-0.25, -0.2) is 12.2 Å². The number of hydrogen-bond acceptors (Lipinski definition) is 0. The summed E-state index contributed by atoms with van der Waals surface area (Å²) >= 11 is 13.1. The Morgan fingerprint density at radius 3 is 1.40 bits per heavy atom. The molecule has 0 aromatic heterocycles. The fourth-order valence-corrected chi connectivity index (χ4v) is 7.44. The predicted octanol–water partition coefficient (Wildman–Crippen LogP) is 7.67. The molecule has 276 valence electrons. The minimum Gasteiger partial charge on any atom is -1.00 e. The van der Waals surface area contributed by atoms with E-state index in [1.807, 2.05) is 60.7 Å². The summed E-state index contributed by atoms with van der Waals surface area (Å²) in [5, 5.41) is 1.53. The molecule has 0 fully saturated rings. The van der Waals surface area contributed by atoms with Crippen LogP contribution >= 0.6 is 23.2 Å². The standard InChI is InChI=1S/C29H41.C13H8Cl2.C5H5.2ClH.Zr/c1-26(2,3)22-14-18-13-19-15-23(27(4,5)6)25(29(10,11)12)17-21(19)20(18)16-24(22)28(7,8)9;14-12-5-1-10(2-6-12)9-11-3-7-13(15)8-4-11;1-2-4-5-3-1;;;/h14,16-17H,13H2,1-12H3;1-8H;1-3H,4H2;2*1H;/q-1;;-1;;;+2/p-2. The van der Waals surface area contributed by atoms with Gasteiger partial charge < -0.3 is 24.8 Å². The number of halogens is 4. The van der Waals surface area contributed by atoms with Gasteiger partial charge in [0.05, 0.1) is 0 Å². The fourth-order valence-electron chi connectivity index (χ4n) is 6.36. The normalized spacial score (nSPS) is 13.1. The van der Waals surface area contributed by atoms with Gasteiger partial charge in [0.15, 0.2) is 0 Å². The van der Waals surface area contributed by atoms with Crippen molar-refractivity contribution in [2.75, 3.05) is 0 Å². The minimum absolute atomic E-state index is 0. The topological polar surface area (TPSA) is 0 Å². The van der Waals surface area contributed by atoms with Crippen LogP contribution in [0, 0.1) is 12.1 Å². The minimum atomic E-state index is 0. The summed E-state index contributed by atoms with van der Waals surface area (Å²) in [6.07, 6.45) is 11.0. The van der Waals surface area contributed by atoms with Crippen LogP contribution in [0.5, 0.6) is 0 Å². The third-order valence-corrected chi connectivity index (χ3v) is 11.0. The van der Waals surface area contributed by atoms with Gasteiger partial charge in [-0.2, -0.15) is 23.8 Å². The Morgan fingerprint density at radius 2 is 1.04 bits per heavy atom. The van der Waals surface area contributed by atoms with Crippen LogP contribution < -0.4 is 24.8 Å². The Labute approximate surface area is 353 Å². The molecule has 52 heavy (non-hydrogen) atoms. The Morgan fingerprint density at radius 1 is 0.596 bits per heavy atom. The second-order valence-electron chi connectivity index (χ2n) is 17.6. The summed E-state index contributed by atoms with van der Waals surface area (Å²) < 4.78 is 1.31. The molecule has 0 saturated carbocycles. The first-order valence-electron chi connectivity index (χ1n) is 17.7. The van der Waals surface area contributed by atoms with Crippen LogP contribution in [-0.2, 0) is 52.3 Å². The molecule has 2 aliphatic carbocycles. The van der Waals surface area contributed by atoms with Crippen molar-refractivity contribution < 1.29 is 49.0 Å². The van der Waals surface area contributed by atoms with E-state index in [9.17, 15) is 0 Å². The van der Waals surface area contributed by atoms with Crippen LogP contribution in [-0.4, -0.2) is 3.21 Å². The molecule has 0 heterocycles. The summed E-state index contributed by atoms with van der Waals surface area (Å²) in [5.74, 6) is 0. The average Bonchev–Trinajstić information content (AvgIpc) is 3.71. The van der Waals surface area contributed by atoms with Gasteiger partial charge in [0.2, 0.25) is 0 Å². The molecule has 0 radical (unpaired) electrons. The van der Waals surface area contributed by atoms with Crippen molar-refractivity contribution in [2.24, 2.45) is 0 Å². The van der Waals surface area contributed by atoms with Gasteiger partial charge in [0.1, 0.15) is 0 Å². The maximum atomic E-state index is 5.86. The third-order valence-electron chi connectivity index (χ3n) is 9.09. The van der Waals surface area contributed by atoms with Gasteiger partial charge in [-0.15, -0.1) is 23.1 Å². The molecular formula is C47H54Cl4Zr-2. The van der Waals surface area contributed by atoms with Crippen molar-refractivity contribution in [1.82, 2.24) is 0 Å². The van der Waals surface area contributed by atoms with E-state index < -0.39 is 0 Å². The van der Waals surface area contributed by atoms with E-state index in [2.05, 4.69) is 120 Å². The van der Waals surface area contributed by atoms with E-state index in [1.54, 1.807) is 0 Å². The van der Waals surface area contributed by atoms with Crippen LogP contribution in [0.4, 0.5) is 0 Å². The Balaban J connectivity index is 0.000000340. The molecule has 0 atom stereocenters. The molecule has 0 nitrogen and oxygen atoms in total. The summed E-state index contributed by atoms with van der Waals surface area (Å²) in [5.41, 5.74) is 14.4. The maximum absolute atomic E-state index is 5.86. The molecule has 6 rings (SSSR count). The molecule has 0 saturated heterocycles. The first kappa shape index (κ1) is 46.4. The van der Waals surface area contributed by atoms with E-state index in [4.69, 9.17) is 23.2 Å². The van der Waals surface area contributed by atoms with E-state index in [0.717, 1.165) is 22.9 Å². The van der Waals surface area contributed by atoms with Gasteiger partial charge in [0, 0.05) is 0 Å². The van der Waals surface area contributed by atoms with E-state index in [1.165, 1.54) is 83.1 Å².